The first-order valence-corrected chi connectivity index (χ1v) is 2.62. The molecule has 0 aliphatic heterocycles. The first kappa shape index (κ1) is 6.67. The highest BCUT2D eigenvalue weighted by atomic mass is 16.6. The van der Waals surface area contributed by atoms with Gasteiger partial charge >= 0.3 is 0 Å². The molecule has 0 spiro atoms. The topological polar surface area (TPSA) is 56.0 Å². The summed E-state index contributed by atoms with van der Waals surface area (Å²) in [7, 11) is 0. The molecule has 0 amide bonds. The predicted octanol–water partition coefficient (Wildman–Crippen LogP) is 1.17. The summed E-state index contributed by atoms with van der Waals surface area (Å²) < 4.78 is 0. The molecule has 4 heteroatoms. The molecule has 0 fully saturated rings. The highest BCUT2D eigenvalue weighted by Gasteiger charge is 2.02. The largest absolute Gasteiger partial charge is 0.287 e. The lowest BCUT2D eigenvalue weighted by atomic mass is 10.3. The van der Waals surface area contributed by atoms with Crippen LogP contribution in [0.3, 0.4) is 0 Å². The molecule has 4 nitrogen and oxygen atoms in total. The van der Waals surface area contributed by atoms with Crippen LogP contribution in [0.1, 0.15) is 5.69 Å². The van der Waals surface area contributed by atoms with Gasteiger partial charge in [-0.05, 0) is 13.0 Å². The zero-order valence-corrected chi connectivity index (χ0v) is 5.15. The third-order valence-electron chi connectivity index (χ3n) is 1.02. The van der Waals surface area contributed by atoms with E-state index in [2.05, 4.69) is 11.9 Å². The molecular formula is C6H5N2O2. The molecule has 0 bridgehead atoms. The molecule has 1 heterocycles. The van der Waals surface area contributed by atoms with Gasteiger partial charge in [0.2, 0.25) is 0 Å². The van der Waals surface area contributed by atoms with Crippen molar-refractivity contribution in [1.82, 2.24) is 4.98 Å². The summed E-state index contributed by atoms with van der Waals surface area (Å²) in [4.78, 5) is 13.2. The molecule has 10 heavy (non-hydrogen) atoms. The van der Waals surface area contributed by atoms with E-state index >= 15 is 0 Å². The average molecular weight is 137 g/mol. The van der Waals surface area contributed by atoms with Gasteiger partial charge in [0.25, 0.3) is 5.69 Å². The van der Waals surface area contributed by atoms with E-state index in [0.717, 1.165) is 0 Å². The van der Waals surface area contributed by atoms with Crippen LogP contribution < -0.4 is 0 Å². The van der Waals surface area contributed by atoms with Crippen LogP contribution in [0.2, 0.25) is 0 Å². The number of pyridine rings is 1. The minimum atomic E-state index is -0.494. The smallest absolute Gasteiger partial charge is 0.258 e. The Morgan fingerprint density at radius 2 is 2.30 bits per heavy atom. The van der Waals surface area contributed by atoms with E-state index in [1.165, 1.54) is 18.3 Å². The van der Waals surface area contributed by atoms with E-state index in [1.54, 1.807) is 0 Å². The van der Waals surface area contributed by atoms with Crippen LogP contribution in [-0.2, 0) is 0 Å². The Morgan fingerprint density at radius 3 is 2.70 bits per heavy atom. The molecule has 1 aromatic rings. The number of aromatic nitrogens is 1. The van der Waals surface area contributed by atoms with Gasteiger partial charge in [0.05, 0.1) is 4.92 Å². The Labute approximate surface area is 57.7 Å². The minimum absolute atomic E-state index is 0.00704. The van der Waals surface area contributed by atoms with Crippen LogP contribution in [0.15, 0.2) is 18.3 Å². The van der Waals surface area contributed by atoms with Crippen LogP contribution in [0.25, 0.3) is 0 Å². The standard InChI is InChI=1S/C6H5N2O2/c1-5-2-3-6(4-7-5)8(9)10/h2-4H,1H2. The minimum Gasteiger partial charge on any atom is -0.258 e. The van der Waals surface area contributed by atoms with Crippen molar-refractivity contribution in [2.45, 2.75) is 0 Å². The number of nitrogens with zero attached hydrogens (tertiary/aromatic N) is 2. The second-order valence-corrected chi connectivity index (χ2v) is 1.76. The highest BCUT2D eigenvalue weighted by Crippen LogP contribution is 2.07. The Morgan fingerprint density at radius 1 is 1.60 bits per heavy atom. The quantitative estimate of drug-likeness (QED) is 0.431. The molecule has 0 saturated heterocycles. The number of hydrogen-bond acceptors (Lipinski definition) is 3. The lowest BCUT2D eigenvalue weighted by Crippen LogP contribution is -1.88. The van der Waals surface area contributed by atoms with Crippen molar-refractivity contribution < 1.29 is 4.92 Å². The van der Waals surface area contributed by atoms with Gasteiger partial charge < -0.3 is 0 Å². The van der Waals surface area contributed by atoms with Crippen LogP contribution in [0.5, 0.6) is 0 Å². The summed E-state index contributed by atoms with van der Waals surface area (Å²) in [5.41, 5.74) is 0.526. The van der Waals surface area contributed by atoms with Crippen molar-refractivity contribution in [1.29, 1.82) is 0 Å². The monoisotopic (exact) mass is 137 g/mol. The molecular weight excluding hydrogens is 132 g/mol. The van der Waals surface area contributed by atoms with Crippen molar-refractivity contribution in [3.05, 3.63) is 41.1 Å². The van der Waals surface area contributed by atoms with Gasteiger partial charge in [-0.25, -0.2) is 0 Å². The Hall–Kier alpha value is -1.45. The van der Waals surface area contributed by atoms with Crippen molar-refractivity contribution in [2.24, 2.45) is 0 Å². The highest BCUT2D eigenvalue weighted by molar-refractivity contribution is 5.27. The maximum absolute atomic E-state index is 10.1. The third-order valence-corrected chi connectivity index (χ3v) is 1.02. The average Bonchev–Trinajstić information content (AvgIpc) is 1.88. The van der Waals surface area contributed by atoms with Crippen LogP contribution >= 0.6 is 0 Å². The molecule has 0 aliphatic rings. The summed E-state index contributed by atoms with van der Waals surface area (Å²) >= 11 is 0. The predicted molar refractivity (Wildman–Crippen MR) is 35.4 cm³/mol. The number of hydrogen-bond donors (Lipinski definition) is 0. The van der Waals surface area contributed by atoms with Gasteiger partial charge in [0, 0.05) is 11.8 Å². The second-order valence-electron chi connectivity index (χ2n) is 1.76. The van der Waals surface area contributed by atoms with Crippen LogP contribution in [0, 0.1) is 17.0 Å². The number of rotatable bonds is 1. The Balaban J connectivity index is 3.00. The summed E-state index contributed by atoms with van der Waals surface area (Å²) in [5.74, 6) is 0. The van der Waals surface area contributed by atoms with Crippen molar-refractivity contribution in [3.8, 4) is 0 Å². The molecule has 0 aromatic carbocycles. The maximum Gasteiger partial charge on any atom is 0.287 e. The fourth-order valence-electron chi connectivity index (χ4n) is 0.525. The Bertz CT molecular complexity index is 242. The summed E-state index contributed by atoms with van der Waals surface area (Å²) in [6.45, 7) is 3.49. The van der Waals surface area contributed by atoms with Gasteiger partial charge in [-0.15, -0.1) is 0 Å². The first-order chi connectivity index (χ1) is 4.70. The lowest BCUT2D eigenvalue weighted by molar-refractivity contribution is -0.385. The van der Waals surface area contributed by atoms with E-state index in [4.69, 9.17) is 0 Å². The van der Waals surface area contributed by atoms with E-state index in [0.29, 0.717) is 5.69 Å². The lowest BCUT2D eigenvalue weighted by Gasteiger charge is -1.89. The normalized spacial score (nSPS) is 9.30. The zero-order valence-electron chi connectivity index (χ0n) is 5.15. The molecule has 1 rings (SSSR count). The first-order valence-electron chi connectivity index (χ1n) is 2.62. The molecule has 0 aliphatic carbocycles. The van der Waals surface area contributed by atoms with Gasteiger partial charge in [0.15, 0.2) is 0 Å². The van der Waals surface area contributed by atoms with Crippen molar-refractivity contribution in [3.63, 3.8) is 0 Å². The van der Waals surface area contributed by atoms with Crippen molar-refractivity contribution >= 4 is 5.69 Å². The van der Waals surface area contributed by atoms with E-state index < -0.39 is 4.92 Å². The van der Waals surface area contributed by atoms with Gasteiger partial charge in [-0.3, -0.25) is 15.1 Å². The fourth-order valence-corrected chi connectivity index (χ4v) is 0.525. The fraction of sp³-hybridized carbons (Fsp3) is 0. The van der Waals surface area contributed by atoms with E-state index in [1.807, 2.05) is 0 Å². The molecule has 1 aromatic heterocycles. The molecule has 1 radical (unpaired) electrons. The van der Waals surface area contributed by atoms with Crippen LogP contribution in [-0.4, -0.2) is 9.91 Å². The number of nitro groups is 1. The van der Waals surface area contributed by atoms with Crippen LogP contribution in [0.4, 0.5) is 5.69 Å². The van der Waals surface area contributed by atoms with E-state index in [-0.39, 0.29) is 5.69 Å². The van der Waals surface area contributed by atoms with Gasteiger partial charge in [-0.2, -0.15) is 0 Å². The summed E-state index contributed by atoms with van der Waals surface area (Å²) in [6.07, 6.45) is 1.18. The SMILES string of the molecule is [CH2]c1ccc([N+](=O)[O-])cn1. The molecule has 0 unspecified atom stereocenters. The molecule has 0 saturated carbocycles. The molecule has 0 atom stereocenters. The van der Waals surface area contributed by atoms with Gasteiger partial charge in [0.1, 0.15) is 6.20 Å². The van der Waals surface area contributed by atoms with Crippen molar-refractivity contribution in [2.75, 3.05) is 0 Å². The third kappa shape index (κ3) is 1.28. The molecule has 51 valence electrons. The maximum atomic E-state index is 10.1. The Kier molecular flexibility index (Phi) is 1.62. The second kappa shape index (κ2) is 2.43. The molecule has 0 N–H and O–H groups in total. The summed E-state index contributed by atoms with van der Waals surface area (Å²) in [6, 6.07) is 2.87. The summed E-state index contributed by atoms with van der Waals surface area (Å²) in [5, 5.41) is 10.1. The van der Waals surface area contributed by atoms with Gasteiger partial charge in [-0.1, -0.05) is 0 Å². The zero-order chi connectivity index (χ0) is 7.56. The van der Waals surface area contributed by atoms with E-state index in [9.17, 15) is 10.1 Å².